The molecule has 110 valence electrons. The van der Waals surface area contributed by atoms with Gasteiger partial charge >= 0.3 is 5.97 Å². The average Bonchev–Trinajstić information content (AvgIpc) is 2.56. The molecule has 0 spiro atoms. The van der Waals surface area contributed by atoms with Gasteiger partial charge in [-0.2, -0.15) is 0 Å². The first kappa shape index (κ1) is 15.6. The first-order valence-electron chi connectivity index (χ1n) is 6.76. The minimum absolute atomic E-state index is 0.00713. The highest BCUT2D eigenvalue weighted by Crippen LogP contribution is 2.38. The van der Waals surface area contributed by atoms with Crippen LogP contribution < -0.4 is 5.73 Å². The van der Waals surface area contributed by atoms with E-state index in [2.05, 4.69) is 0 Å². The third-order valence-corrected chi connectivity index (χ3v) is 4.57. The van der Waals surface area contributed by atoms with Crippen molar-refractivity contribution in [2.24, 2.45) is 5.73 Å². The number of benzene rings is 2. The summed E-state index contributed by atoms with van der Waals surface area (Å²) < 4.78 is 4.72. The highest BCUT2D eigenvalue weighted by Gasteiger charge is 2.22. The summed E-state index contributed by atoms with van der Waals surface area (Å²) in [4.78, 5) is 11.4. The summed E-state index contributed by atoms with van der Waals surface area (Å²) in [6.07, 6.45) is 0. The molecule has 0 bridgehead atoms. The van der Waals surface area contributed by atoms with Crippen molar-refractivity contribution in [2.45, 2.75) is 11.3 Å². The molecule has 21 heavy (non-hydrogen) atoms. The number of hydrogen-bond acceptors (Lipinski definition) is 4. The maximum Gasteiger partial charge on any atom is 0.315 e. The molecule has 4 heteroatoms. The Hall–Kier alpha value is -1.78. The number of esters is 1. The summed E-state index contributed by atoms with van der Waals surface area (Å²) in [5.74, 6) is 0.0533. The Morgan fingerprint density at radius 3 is 2.10 bits per heavy atom. The molecule has 0 aromatic heterocycles. The summed E-state index contributed by atoms with van der Waals surface area (Å²) in [5.41, 5.74) is 8.60. The molecule has 0 saturated carbocycles. The highest BCUT2D eigenvalue weighted by atomic mass is 32.2. The van der Waals surface area contributed by atoms with E-state index < -0.39 is 0 Å². The van der Waals surface area contributed by atoms with Crippen molar-refractivity contribution < 1.29 is 9.53 Å². The van der Waals surface area contributed by atoms with Crippen LogP contribution in [0.5, 0.6) is 0 Å². The lowest BCUT2D eigenvalue weighted by Crippen LogP contribution is -2.19. The SMILES string of the molecule is COC(=O)CSC(c1ccccc1)C(N)c1ccccc1. The van der Waals surface area contributed by atoms with Crippen LogP contribution in [-0.4, -0.2) is 18.8 Å². The number of ether oxygens (including phenoxy) is 1. The number of methoxy groups -OCH3 is 1. The largest absolute Gasteiger partial charge is 0.468 e. The maximum atomic E-state index is 11.4. The van der Waals surface area contributed by atoms with Crippen molar-refractivity contribution >= 4 is 17.7 Å². The summed E-state index contributed by atoms with van der Waals surface area (Å²) in [7, 11) is 1.40. The Labute approximate surface area is 129 Å². The molecule has 0 heterocycles. The van der Waals surface area contributed by atoms with Gasteiger partial charge in [-0.25, -0.2) is 0 Å². The van der Waals surface area contributed by atoms with Gasteiger partial charge < -0.3 is 10.5 Å². The number of rotatable bonds is 6. The summed E-state index contributed by atoms with van der Waals surface area (Å²) in [5, 5.41) is 0.00713. The highest BCUT2D eigenvalue weighted by molar-refractivity contribution is 8.00. The summed E-state index contributed by atoms with van der Waals surface area (Å²) >= 11 is 1.51. The van der Waals surface area contributed by atoms with E-state index >= 15 is 0 Å². The number of thioether (sulfide) groups is 1. The fourth-order valence-corrected chi connectivity index (χ4v) is 3.26. The lowest BCUT2D eigenvalue weighted by Gasteiger charge is -2.24. The Kier molecular flexibility index (Phi) is 5.84. The van der Waals surface area contributed by atoms with Crippen molar-refractivity contribution in [3.63, 3.8) is 0 Å². The van der Waals surface area contributed by atoms with Crippen LogP contribution in [0.3, 0.4) is 0 Å². The van der Waals surface area contributed by atoms with Crippen LogP contribution in [-0.2, 0) is 9.53 Å². The molecule has 0 aliphatic heterocycles. The Morgan fingerprint density at radius 1 is 1.05 bits per heavy atom. The van der Waals surface area contributed by atoms with E-state index in [0.717, 1.165) is 11.1 Å². The van der Waals surface area contributed by atoms with Crippen LogP contribution >= 0.6 is 11.8 Å². The second kappa shape index (κ2) is 7.86. The molecule has 0 aliphatic rings. The monoisotopic (exact) mass is 301 g/mol. The van der Waals surface area contributed by atoms with E-state index in [1.54, 1.807) is 0 Å². The van der Waals surface area contributed by atoms with Crippen LogP contribution in [0.1, 0.15) is 22.4 Å². The minimum atomic E-state index is -0.235. The Balaban J connectivity index is 2.21. The molecule has 2 rings (SSSR count). The molecular formula is C17H19NO2S. The molecule has 2 atom stereocenters. The standard InChI is InChI=1S/C17H19NO2S/c1-20-15(19)12-21-17(14-10-6-3-7-11-14)16(18)13-8-4-2-5-9-13/h2-11,16-17H,12,18H2,1H3. The van der Waals surface area contributed by atoms with Gasteiger partial charge in [-0.3, -0.25) is 4.79 Å². The maximum absolute atomic E-state index is 11.4. The van der Waals surface area contributed by atoms with Gasteiger partial charge in [-0.15, -0.1) is 11.8 Å². The zero-order chi connectivity index (χ0) is 15.1. The molecule has 2 aromatic rings. The van der Waals surface area contributed by atoms with Crippen molar-refractivity contribution in [2.75, 3.05) is 12.9 Å². The lowest BCUT2D eigenvalue weighted by molar-refractivity contribution is -0.137. The molecular weight excluding hydrogens is 282 g/mol. The van der Waals surface area contributed by atoms with Gasteiger partial charge in [0.1, 0.15) is 0 Å². The van der Waals surface area contributed by atoms with E-state index in [0.29, 0.717) is 0 Å². The molecule has 2 unspecified atom stereocenters. The number of hydrogen-bond donors (Lipinski definition) is 1. The van der Waals surface area contributed by atoms with Crippen LogP contribution in [0.4, 0.5) is 0 Å². The van der Waals surface area contributed by atoms with Gasteiger partial charge in [0.25, 0.3) is 0 Å². The van der Waals surface area contributed by atoms with Gasteiger partial charge in [0.2, 0.25) is 0 Å². The normalized spacial score (nSPS) is 13.4. The average molecular weight is 301 g/mol. The minimum Gasteiger partial charge on any atom is -0.468 e. The van der Waals surface area contributed by atoms with E-state index in [9.17, 15) is 4.79 Å². The van der Waals surface area contributed by atoms with Gasteiger partial charge in [-0.05, 0) is 11.1 Å². The zero-order valence-corrected chi connectivity index (χ0v) is 12.8. The van der Waals surface area contributed by atoms with Gasteiger partial charge in [0.05, 0.1) is 12.9 Å². The molecule has 0 aliphatic carbocycles. The number of carbonyl (C=O) groups is 1. The van der Waals surface area contributed by atoms with Crippen LogP contribution in [0.15, 0.2) is 60.7 Å². The van der Waals surface area contributed by atoms with E-state index in [1.165, 1.54) is 18.9 Å². The molecule has 0 saturated heterocycles. The fourth-order valence-electron chi connectivity index (χ4n) is 2.12. The van der Waals surface area contributed by atoms with E-state index in [1.807, 2.05) is 60.7 Å². The molecule has 3 nitrogen and oxygen atoms in total. The van der Waals surface area contributed by atoms with Crippen molar-refractivity contribution in [3.05, 3.63) is 71.8 Å². The van der Waals surface area contributed by atoms with Gasteiger partial charge in [0.15, 0.2) is 0 Å². The first-order valence-corrected chi connectivity index (χ1v) is 7.81. The third-order valence-electron chi connectivity index (χ3n) is 3.25. The topological polar surface area (TPSA) is 52.3 Å². The predicted octanol–water partition coefficient (Wildman–Crippen LogP) is 3.33. The molecule has 2 N–H and O–H groups in total. The van der Waals surface area contributed by atoms with Crippen LogP contribution in [0.2, 0.25) is 0 Å². The second-order valence-electron chi connectivity index (χ2n) is 4.65. The van der Waals surface area contributed by atoms with Gasteiger partial charge in [0, 0.05) is 11.3 Å². The third kappa shape index (κ3) is 4.34. The van der Waals surface area contributed by atoms with Crippen LogP contribution in [0.25, 0.3) is 0 Å². The fraction of sp³-hybridized carbons (Fsp3) is 0.235. The molecule has 0 fully saturated rings. The smallest absolute Gasteiger partial charge is 0.315 e. The second-order valence-corrected chi connectivity index (χ2v) is 5.78. The Morgan fingerprint density at radius 2 is 1.57 bits per heavy atom. The van der Waals surface area contributed by atoms with E-state index in [4.69, 9.17) is 10.5 Å². The predicted molar refractivity (Wildman–Crippen MR) is 87.0 cm³/mol. The first-order chi connectivity index (χ1) is 10.2. The van der Waals surface area contributed by atoms with Crippen molar-refractivity contribution in [1.82, 2.24) is 0 Å². The quantitative estimate of drug-likeness (QED) is 0.832. The van der Waals surface area contributed by atoms with Crippen LogP contribution in [0, 0.1) is 0 Å². The zero-order valence-electron chi connectivity index (χ0n) is 11.9. The number of nitrogens with two attached hydrogens (primary N) is 1. The van der Waals surface area contributed by atoms with Gasteiger partial charge in [-0.1, -0.05) is 60.7 Å². The summed E-state index contributed by atoms with van der Waals surface area (Å²) in [6, 6.07) is 19.8. The van der Waals surface area contributed by atoms with Crippen molar-refractivity contribution in [3.8, 4) is 0 Å². The van der Waals surface area contributed by atoms with Crippen molar-refractivity contribution in [1.29, 1.82) is 0 Å². The molecule has 0 amide bonds. The molecule has 2 aromatic carbocycles. The van der Waals surface area contributed by atoms with E-state index in [-0.39, 0.29) is 23.0 Å². The number of carbonyl (C=O) groups excluding carboxylic acids is 1. The lowest BCUT2D eigenvalue weighted by atomic mass is 9.99. The molecule has 0 radical (unpaired) electrons. The summed E-state index contributed by atoms with van der Waals surface area (Å²) in [6.45, 7) is 0. The Bertz CT molecular complexity index is 560.